The van der Waals surface area contributed by atoms with E-state index in [1.807, 2.05) is 0 Å². The maximum absolute atomic E-state index is 12.2. The van der Waals surface area contributed by atoms with Crippen LogP contribution in [0.1, 0.15) is 79.6 Å². The first-order valence-electron chi connectivity index (χ1n) is 21.0. The van der Waals surface area contributed by atoms with Crippen LogP contribution in [0.4, 0.5) is 0 Å². The van der Waals surface area contributed by atoms with Gasteiger partial charge in [0.2, 0.25) is 0 Å². The van der Waals surface area contributed by atoms with E-state index in [9.17, 15) is 38.4 Å². The summed E-state index contributed by atoms with van der Waals surface area (Å²) in [5.74, 6) is -5.97. The average molecular weight is 955 g/mol. The Balaban J connectivity index is 1.17. The van der Waals surface area contributed by atoms with E-state index in [4.69, 9.17) is 61.6 Å². The standard InChI is InChI=1S/C40H54N6O21/c1-19(47)55-17-31-33(59-21(3)49)35(61-23(5)51)37(63-25(7)53)39(66-31)57-15-27-11-45(43-41-27)13-29-9-10-30(65-29)14-46-12-28(42-44-46)16-58-40-38(64-26(8)54)36(62-24(6)52)34(60-22(4)50)32(67-40)18-56-20(2)48/h11-12,29-40H,9-10,13-18H2,1-8H3/t29-,30-,31-,32-,33-,34-,35+,36+,37-,38-,39-,40-/m1/s1. The van der Waals surface area contributed by atoms with E-state index < -0.39 is 122 Å². The van der Waals surface area contributed by atoms with Gasteiger partial charge in [0.05, 0.1) is 50.9 Å². The lowest BCUT2D eigenvalue weighted by atomic mass is 9.98. The molecule has 0 amide bonds. The Morgan fingerprint density at radius 3 is 1.13 bits per heavy atom. The first-order chi connectivity index (χ1) is 31.7. The van der Waals surface area contributed by atoms with Crippen LogP contribution >= 0.6 is 0 Å². The maximum Gasteiger partial charge on any atom is 0.303 e. The molecule has 0 unspecified atom stereocenters. The van der Waals surface area contributed by atoms with Crippen molar-refractivity contribution in [3.8, 4) is 0 Å². The van der Waals surface area contributed by atoms with Gasteiger partial charge in [0.15, 0.2) is 49.2 Å². The number of carbonyl (C=O) groups excluding carboxylic acids is 8. The Bertz CT molecular complexity index is 1940. The number of esters is 8. The molecular weight excluding hydrogens is 900 g/mol. The molecule has 0 N–H and O–H groups in total. The molecule has 370 valence electrons. The smallest absolute Gasteiger partial charge is 0.303 e. The van der Waals surface area contributed by atoms with Crippen LogP contribution in [0.2, 0.25) is 0 Å². The average Bonchev–Trinajstić information content (AvgIpc) is 3.99. The summed E-state index contributed by atoms with van der Waals surface area (Å²) < 4.78 is 76.0. The third-order valence-electron chi connectivity index (χ3n) is 9.84. The fourth-order valence-electron chi connectivity index (χ4n) is 7.43. The van der Waals surface area contributed by atoms with Crippen molar-refractivity contribution >= 4 is 47.8 Å². The summed E-state index contributed by atoms with van der Waals surface area (Å²) in [6.07, 6.45) is -9.47. The molecule has 3 fully saturated rings. The molecule has 0 radical (unpaired) electrons. The molecule has 5 heterocycles. The van der Waals surface area contributed by atoms with Gasteiger partial charge in [0.1, 0.15) is 36.8 Å². The third-order valence-corrected chi connectivity index (χ3v) is 9.84. The molecule has 2 aromatic rings. The van der Waals surface area contributed by atoms with E-state index in [2.05, 4.69) is 20.6 Å². The van der Waals surface area contributed by atoms with E-state index in [1.165, 1.54) is 0 Å². The zero-order valence-electron chi connectivity index (χ0n) is 38.0. The number of carbonyl (C=O) groups is 8. The highest BCUT2D eigenvalue weighted by atomic mass is 16.7. The summed E-state index contributed by atoms with van der Waals surface area (Å²) in [6.45, 7) is 8.37. The zero-order valence-corrected chi connectivity index (χ0v) is 38.0. The van der Waals surface area contributed by atoms with Gasteiger partial charge in [-0.05, 0) is 12.8 Å². The molecule has 12 atom stereocenters. The molecule has 0 spiro atoms. The zero-order chi connectivity index (χ0) is 48.9. The molecule has 27 nitrogen and oxygen atoms in total. The SMILES string of the molecule is CC(=O)OC[C@H]1O[C@@H](OCc2cn(C[C@H]3CC[C@H](Cn4cc(CO[C@@H]5O[C@H](COC(C)=O)[C@@H](OC(C)=O)[C@H](OC(C)=O)[C@H]5OC(C)=O)nn4)O3)nn2)[C@H](OC(C)=O)[C@@H](OC(C)=O)[C@@H]1OC(C)=O. The molecule has 3 aliphatic rings. The normalized spacial score (nSPS) is 28.1. The second-order valence-corrected chi connectivity index (χ2v) is 15.6. The van der Waals surface area contributed by atoms with Crippen molar-refractivity contribution in [3.63, 3.8) is 0 Å². The molecule has 0 bridgehead atoms. The van der Waals surface area contributed by atoms with Gasteiger partial charge >= 0.3 is 47.8 Å². The van der Waals surface area contributed by atoms with Crippen molar-refractivity contribution in [1.82, 2.24) is 30.0 Å². The summed E-state index contributed by atoms with van der Waals surface area (Å²) >= 11 is 0. The van der Waals surface area contributed by atoms with E-state index in [0.29, 0.717) is 37.3 Å². The number of hydrogen-bond acceptors (Lipinski definition) is 25. The monoisotopic (exact) mass is 954 g/mol. The quantitative estimate of drug-likeness (QED) is 0.117. The van der Waals surface area contributed by atoms with E-state index in [0.717, 1.165) is 55.4 Å². The van der Waals surface area contributed by atoms with Crippen LogP contribution in [0, 0.1) is 0 Å². The topological polar surface area (TPSA) is 318 Å². The second-order valence-electron chi connectivity index (χ2n) is 15.6. The van der Waals surface area contributed by atoms with Crippen LogP contribution in [0.3, 0.4) is 0 Å². The number of rotatable bonds is 20. The Labute approximate surface area is 382 Å². The molecular formula is C40H54N6O21. The minimum Gasteiger partial charge on any atom is -0.463 e. The Hall–Kier alpha value is -6.16. The summed E-state index contributed by atoms with van der Waals surface area (Å²) in [5.41, 5.74) is 0.673. The van der Waals surface area contributed by atoms with Crippen LogP contribution in [0.5, 0.6) is 0 Å². The molecule has 5 rings (SSSR count). The van der Waals surface area contributed by atoms with Gasteiger partial charge < -0.3 is 61.6 Å². The Morgan fingerprint density at radius 1 is 0.478 bits per heavy atom. The number of nitrogens with zero attached hydrogens (tertiary/aromatic N) is 6. The van der Waals surface area contributed by atoms with Crippen LogP contribution in [-0.2, 0) is 126 Å². The molecule has 2 aromatic heterocycles. The minimum atomic E-state index is -1.41. The molecule has 0 aliphatic carbocycles. The summed E-state index contributed by atoms with van der Waals surface area (Å²) in [6, 6.07) is 0. The minimum absolute atomic E-state index is 0.228. The highest BCUT2D eigenvalue weighted by molar-refractivity contribution is 5.70. The van der Waals surface area contributed by atoms with Gasteiger partial charge in [-0.3, -0.25) is 38.4 Å². The predicted octanol–water partition coefficient (Wildman–Crippen LogP) is -0.683. The Kier molecular flexibility index (Phi) is 18.6. The van der Waals surface area contributed by atoms with Crippen molar-refractivity contribution in [2.24, 2.45) is 0 Å². The predicted molar refractivity (Wildman–Crippen MR) is 211 cm³/mol. The first-order valence-corrected chi connectivity index (χ1v) is 21.0. The van der Waals surface area contributed by atoms with Crippen molar-refractivity contribution in [3.05, 3.63) is 23.8 Å². The first kappa shape index (κ1) is 51.8. The van der Waals surface area contributed by atoms with Crippen LogP contribution in [-0.4, -0.2) is 165 Å². The second kappa shape index (κ2) is 24.0. The van der Waals surface area contributed by atoms with Crippen molar-refractivity contribution in [2.45, 2.75) is 168 Å². The number of hydrogen-bond donors (Lipinski definition) is 0. The van der Waals surface area contributed by atoms with Crippen LogP contribution in [0.25, 0.3) is 0 Å². The van der Waals surface area contributed by atoms with Gasteiger partial charge in [0.25, 0.3) is 0 Å². The maximum atomic E-state index is 12.2. The largest absolute Gasteiger partial charge is 0.463 e. The lowest BCUT2D eigenvalue weighted by Gasteiger charge is -2.43. The van der Waals surface area contributed by atoms with Crippen molar-refractivity contribution in [2.75, 3.05) is 13.2 Å². The summed E-state index contributed by atoms with van der Waals surface area (Å²) in [5, 5.41) is 16.7. The highest BCUT2D eigenvalue weighted by Crippen LogP contribution is 2.32. The third kappa shape index (κ3) is 15.7. The van der Waals surface area contributed by atoms with E-state index >= 15 is 0 Å². The number of ether oxygens (including phenoxy) is 13. The lowest BCUT2D eigenvalue weighted by molar-refractivity contribution is -0.310. The molecule has 27 heteroatoms. The molecule has 3 saturated heterocycles. The summed E-state index contributed by atoms with van der Waals surface area (Å²) in [4.78, 5) is 95.9. The molecule has 0 aromatic carbocycles. The van der Waals surface area contributed by atoms with Crippen molar-refractivity contribution < 1.29 is 99.9 Å². The van der Waals surface area contributed by atoms with Crippen LogP contribution < -0.4 is 0 Å². The van der Waals surface area contributed by atoms with Gasteiger partial charge in [-0.25, -0.2) is 9.36 Å². The fraction of sp³-hybridized carbons (Fsp3) is 0.700. The fourth-order valence-corrected chi connectivity index (χ4v) is 7.43. The van der Waals surface area contributed by atoms with Gasteiger partial charge in [-0.15, -0.1) is 10.2 Å². The summed E-state index contributed by atoms with van der Waals surface area (Å²) in [7, 11) is 0. The van der Waals surface area contributed by atoms with Crippen LogP contribution in [0.15, 0.2) is 12.4 Å². The van der Waals surface area contributed by atoms with Gasteiger partial charge in [-0.1, -0.05) is 10.4 Å². The van der Waals surface area contributed by atoms with E-state index in [-0.39, 0.29) is 25.4 Å². The van der Waals surface area contributed by atoms with Gasteiger partial charge in [0, 0.05) is 55.4 Å². The number of aromatic nitrogens is 6. The van der Waals surface area contributed by atoms with Crippen molar-refractivity contribution in [1.29, 1.82) is 0 Å². The molecule has 0 saturated carbocycles. The highest BCUT2D eigenvalue weighted by Gasteiger charge is 2.54. The molecule has 67 heavy (non-hydrogen) atoms. The van der Waals surface area contributed by atoms with Gasteiger partial charge in [-0.2, -0.15) is 0 Å². The van der Waals surface area contributed by atoms with E-state index in [1.54, 1.807) is 21.8 Å². The Morgan fingerprint density at radius 2 is 0.806 bits per heavy atom. The lowest BCUT2D eigenvalue weighted by Crippen LogP contribution is -2.62. The molecule has 3 aliphatic heterocycles.